The van der Waals surface area contributed by atoms with E-state index in [-0.39, 0.29) is 11.8 Å². The van der Waals surface area contributed by atoms with Crippen LogP contribution in [-0.2, 0) is 11.3 Å². The Balaban J connectivity index is 1.55. The van der Waals surface area contributed by atoms with Gasteiger partial charge in [0.25, 0.3) is 0 Å². The van der Waals surface area contributed by atoms with Crippen molar-refractivity contribution >= 4 is 17.5 Å². The Bertz CT molecular complexity index is 541. The van der Waals surface area contributed by atoms with E-state index in [1.165, 1.54) is 32.4 Å². The smallest absolute Gasteiger partial charge is 0.227 e. The van der Waals surface area contributed by atoms with E-state index < -0.39 is 0 Å². The van der Waals surface area contributed by atoms with Gasteiger partial charge in [-0.15, -0.1) is 0 Å². The number of hydrogen-bond donors (Lipinski definition) is 0. The highest BCUT2D eigenvalue weighted by Crippen LogP contribution is 2.23. The van der Waals surface area contributed by atoms with Gasteiger partial charge in [0.1, 0.15) is 0 Å². The molecule has 0 unspecified atom stereocenters. The lowest BCUT2D eigenvalue weighted by atomic mass is 9.97. The van der Waals surface area contributed by atoms with Crippen LogP contribution >= 0.6 is 11.6 Å². The first-order valence-corrected chi connectivity index (χ1v) is 9.72. The maximum Gasteiger partial charge on any atom is 0.227 e. The van der Waals surface area contributed by atoms with Crippen molar-refractivity contribution in [1.29, 1.82) is 0 Å². The van der Waals surface area contributed by atoms with Crippen LogP contribution < -0.4 is 0 Å². The van der Waals surface area contributed by atoms with Crippen molar-refractivity contribution in [2.24, 2.45) is 5.92 Å². The fourth-order valence-electron chi connectivity index (χ4n) is 4.01. The van der Waals surface area contributed by atoms with Gasteiger partial charge in [-0.2, -0.15) is 5.10 Å². The fraction of sp³-hybridized carbons (Fsp3) is 0.778. The molecule has 2 fully saturated rings. The van der Waals surface area contributed by atoms with Crippen molar-refractivity contribution in [1.82, 2.24) is 19.6 Å². The summed E-state index contributed by atoms with van der Waals surface area (Å²) in [4.78, 5) is 17.7. The van der Waals surface area contributed by atoms with Crippen LogP contribution in [0, 0.1) is 5.92 Å². The van der Waals surface area contributed by atoms with Gasteiger partial charge >= 0.3 is 0 Å². The van der Waals surface area contributed by atoms with Crippen LogP contribution in [0.25, 0.3) is 0 Å². The normalized spacial score (nSPS) is 23.6. The lowest BCUT2D eigenvalue weighted by Crippen LogP contribution is -2.47. The molecule has 0 bridgehead atoms. The molecular formula is C18H29ClN4O. The zero-order chi connectivity index (χ0) is 16.9. The summed E-state index contributed by atoms with van der Waals surface area (Å²) in [5.41, 5.74) is 0. The predicted molar refractivity (Wildman–Crippen MR) is 96.0 cm³/mol. The van der Waals surface area contributed by atoms with Gasteiger partial charge in [0.15, 0.2) is 0 Å². The molecule has 1 aromatic heterocycles. The number of amides is 1. The van der Waals surface area contributed by atoms with Gasteiger partial charge < -0.3 is 9.80 Å². The summed E-state index contributed by atoms with van der Waals surface area (Å²) in [6.45, 7) is 7.12. The second kappa shape index (κ2) is 8.34. The third kappa shape index (κ3) is 4.51. The van der Waals surface area contributed by atoms with Crippen molar-refractivity contribution in [2.45, 2.75) is 58.0 Å². The monoisotopic (exact) mass is 352 g/mol. The molecule has 2 atom stereocenters. The second-order valence-corrected chi connectivity index (χ2v) is 7.74. The molecular weight excluding hydrogens is 324 g/mol. The van der Waals surface area contributed by atoms with Crippen LogP contribution in [0.4, 0.5) is 0 Å². The van der Waals surface area contributed by atoms with E-state index in [1.54, 1.807) is 17.1 Å². The quantitative estimate of drug-likeness (QED) is 0.790. The Morgan fingerprint density at radius 2 is 2.04 bits per heavy atom. The number of rotatable bonds is 6. The number of halogens is 1. The standard InChI is InChI=1S/C18H29ClN4O/c1-15(13-22-14-16(19)12-20-22)18(24)23-10-3-2-6-17(23)7-11-21-8-4-5-9-21/h12,14-15,17H,2-11,13H2,1H3/t15-,17-/m1/s1. The number of likely N-dealkylation sites (tertiary alicyclic amines) is 2. The highest BCUT2D eigenvalue weighted by molar-refractivity contribution is 6.30. The Morgan fingerprint density at radius 3 is 2.75 bits per heavy atom. The maximum absolute atomic E-state index is 13.0. The second-order valence-electron chi connectivity index (χ2n) is 7.30. The molecule has 134 valence electrons. The van der Waals surface area contributed by atoms with E-state index in [0.29, 0.717) is 17.6 Å². The van der Waals surface area contributed by atoms with Crippen LogP contribution in [0.2, 0.25) is 5.02 Å². The molecule has 1 aromatic rings. The summed E-state index contributed by atoms with van der Waals surface area (Å²) >= 11 is 5.92. The Morgan fingerprint density at radius 1 is 1.29 bits per heavy atom. The van der Waals surface area contributed by atoms with E-state index in [4.69, 9.17) is 11.6 Å². The molecule has 0 aliphatic carbocycles. The number of carbonyl (C=O) groups excluding carboxylic acids is 1. The van der Waals surface area contributed by atoms with Crippen molar-refractivity contribution in [2.75, 3.05) is 26.2 Å². The van der Waals surface area contributed by atoms with Gasteiger partial charge in [-0.3, -0.25) is 9.48 Å². The van der Waals surface area contributed by atoms with Crippen molar-refractivity contribution in [3.63, 3.8) is 0 Å². The minimum atomic E-state index is -0.0617. The molecule has 0 aromatic carbocycles. The van der Waals surface area contributed by atoms with E-state index in [0.717, 1.165) is 32.4 Å². The van der Waals surface area contributed by atoms with Crippen LogP contribution in [0.15, 0.2) is 12.4 Å². The Kier molecular flexibility index (Phi) is 6.17. The van der Waals surface area contributed by atoms with Crippen molar-refractivity contribution in [3.8, 4) is 0 Å². The fourth-order valence-corrected chi connectivity index (χ4v) is 4.16. The first kappa shape index (κ1) is 17.7. The van der Waals surface area contributed by atoms with Gasteiger partial charge in [0, 0.05) is 25.3 Å². The molecule has 5 nitrogen and oxygen atoms in total. The number of nitrogens with zero attached hydrogens (tertiary/aromatic N) is 4. The summed E-state index contributed by atoms with van der Waals surface area (Å²) in [7, 11) is 0. The summed E-state index contributed by atoms with van der Waals surface area (Å²) in [6, 6.07) is 0.413. The molecule has 24 heavy (non-hydrogen) atoms. The molecule has 3 rings (SSSR count). The molecule has 2 aliphatic rings. The van der Waals surface area contributed by atoms with Gasteiger partial charge in [-0.05, 0) is 51.6 Å². The molecule has 6 heteroatoms. The lowest BCUT2D eigenvalue weighted by Gasteiger charge is -2.38. The molecule has 3 heterocycles. The van der Waals surface area contributed by atoms with E-state index in [2.05, 4.69) is 14.9 Å². The highest BCUT2D eigenvalue weighted by atomic mass is 35.5. The summed E-state index contributed by atoms with van der Waals surface area (Å²) < 4.78 is 1.77. The van der Waals surface area contributed by atoms with Gasteiger partial charge in [0.05, 0.1) is 23.7 Å². The van der Waals surface area contributed by atoms with E-state index in [1.807, 2.05) is 6.92 Å². The number of piperidine rings is 1. The number of hydrogen-bond acceptors (Lipinski definition) is 3. The molecule has 2 aliphatic heterocycles. The largest absolute Gasteiger partial charge is 0.339 e. The first-order valence-electron chi connectivity index (χ1n) is 9.34. The van der Waals surface area contributed by atoms with Crippen LogP contribution in [0.5, 0.6) is 0 Å². The average molecular weight is 353 g/mol. The summed E-state index contributed by atoms with van der Waals surface area (Å²) in [6.07, 6.45) is 10.7. The van der Waals surface area contributed by atoms with Crippen LogP contribution in [-0.4, -0.2) is 57.7 Å². The number of aromatic nitrogens is 2. The minimum Gasteiger partial charge on any atom is -0.339 e. The van der Waals surface area contributed by atoms with Gasteiger partial charge in [0.2, 0.25) is 5.91 Å². The van der Waals surface area contributed by atoms with Crippen LogP contribution in [0.3, 0.4) is 0 Å². The predicted octanol–water partition coefficient (Wildman–Crippen LogP) is 3.04. The van der Waals surface area contributed by atoms with Crippen LogP contribution in [0.1, 0.15) is 45.4 Å². The third-order valence-corrected chi connectivity index (χ3v) is 5.57. The van der Waals surface area contributed by atoms with Crippen molar-refractivity contribution in [3.05, 3.63) is 17.4 Å². The zero-order valence-corrected chi connectivity index (χ0v) is 15.4. The first-order chi connectivity index (χ1) is 11.6. The molecule has 0 radical (unpaired) electrons. The minimum absolute atomic E-state index is 0.0617. The van der Waals surface area contributed by atoms with Gasteiger partial charge in [-0.25, -0.2) is 0 Å². The topological polar surface area (TPSA) is 41.4 Å². The average Bonchev–Trinajstić information content (AvgIpc) is 3.24. The Hall–Kier alpha value is -1.07. The molecule has 1 amide bonds. The van der Waals surface area contributed by atoms with E-state index >= 15 is 0 Å². The molecule has 0 spiro atoms. The lowest BCUT2D eigenvalue weighted by molar-refractivity contribution is -0.139. The van der Waals surface area contributed by atoms with Gasteiger partial charge in [-0.1, -0.05) is 18.5 Å². The Labute approximate surface area is 149 Å². The highest BCUT2D eigenvalue weighted by Gasteiger charge is 2.30. The van der Waals surface area contributed by atoms with Crippen molar-refractivity contribution < 1.29 is 4.79 Å². The summed E-state index contributed by atoms with van der Waals surface area (Å²) in [5.74, 6) is 0.209. The molecule has 0 N–H and O–H groups in total. The maximum atomic E-state index is 13.0. The summed E-state index contributed by atoms with van der Waals surface area (Å²) in [5, 5.41) is 4.82. The zero-order valence-electron chi connectivity index (χ0n) is 14.7. The molecule has 2 saturated heterocycles. The number of carbonyl (C=O) groups is 1. The molecule has 0 saturated carbocycles. The SMILES string of the molecule is C[C@H](Cn1cc(Cl)cn1)C(=O)N1CCCC[C@@H]1CCN1CCCC1. The third-order valence-electron chi connectivity index (χ3n) is 5.37. The van der Waals surface area contributed by atoms with E-state index in [9.17, 15) is 4.79 Å².